The number of piperidine rings is 2. The molecular formula is C40H59ClN2O8. The Labute approximate surface area is 309 Å². The third-order valence-electron chi connectivity index (χ3n) is 8.42. The lowest BCUT2D eigenvalue weighted by atomic mass is 9.77. The van der Waals surface area contributed by atoms with E-state index < -0.39 is 11.0 Å². The molecule has 0 radical (unpaired) electrons. The first kappa shape index (κ1) is 43.5. The zero-order valence-electron chi connectivity index (χ0n) is 31.8. The maximum Gasteiger partial charge on any atom is 0.410 e. The van der Waals surface area contributed by atoms with Gasteiger partial charge in [0.05, 0.1) is 12.8 Å². The molecule has 2 aromatic rings. The Hall–Kier alpha value is -3.63. The molecule has 0 bridgehead atoms. The Balaban J connectivity index is 0.000000293. The molecule has 10 nitrogen and oxygen atoms in total. The summed E-state index contributed by atoms with van der Waals surface area (Å²) in [6, 6.07) is 19.0. The van der Waals surface area contributed by atoms with Gasteiger partial charge < -0.3 is 29.2 Å². The number of esters is 2. The maximum atomic E-state index is 12.2. The number of carbonyl (C=O) groups is 4. The second kappa shape index (κ2) is 20.4. The fourth-order valence-corrected chi connectivity index (χ4v) is 5.64. The topological polar surface area (TPSA) is 120 Å². The number of nitrogens with zero attached hydrogens (tertiary/aromatic N) is 1. The summed E-state index contributed by atoms with van der Waals surface area (Å²) >= 11 is 4.97. The standard InChI is InChI=1S/C20H29NO4.C12H23NO2.C8H7ClO2/c1-19(2,3)25-17(22)14-20(4)10-12-21(13-11-20)18(23)24-15-16-8-6-5-7-9-16;1-11(2,3)15-10(14)9-12(4)5-7-13-8-6-12;9-8(10)11-6-7-4-2-1-3-5-7/h5-9H,10-15H2,1-4H3;13H,5-9H2,1-4H3;1-5H,6H2. The molecule has 0 unspecified atom stereocenters. The van der Waals surface area contributed by atoms with Crippen LogP contribution in [0.2, 0.25) is 0 Å². The Morgan fingerprint density at radius 1 is 0.667 bits per heavy atom. The van der Waals surface area contributed by atoms with Gasteiger partial charge in [-0.05, 0) is 102 Å². The van der Waals surface area contributed by atoms with Crippen molar-refractivity contribution in [2.45, 2.75) is 118 Å². The number of amides is 1. The Bertz CT molecular complexity index is 1360. The van der Waals surface area contributed by atoms with Crippen molar-refractivity contribution in [2.24, 2.45) is 10.8 Å². The molecule has 11 heteroatoms. The van der Waals surface area contributed by atoms with Gasteiger partial charge in [-0.3, -0.25) is 9.59 Å². The summed E-state index contributed by atoms with van der Waals surface area (Å²) in [5.74, 6) is -0.234. The van der Waals surface area contributed by atoms with E-state index in [0.29, 0.717) is 25.9 Å². The highest BCUT2D eigenvalue weighted by atomic mass is 35.5. The fraction of sp³-hybridized carbons (Fsp3) is 0.600. The zero-order valence-corrected chi connectivity index (χ0v) is 32.6. The van der Waals surface area contributed by atoms with Crippen molar-refractivity contribution in [1.29, 1.82) is 0 Å². The molecule has 284 valence electrons. The molecule has 51 heavy (non-hydrogen) atoms. The van der Waals surface area contributed by atoms with Gasteiger partial charge in [0.25, 0.3) is 0 Å². The van der Waals surface area contributed by atoms with E-state index >= 15 is 0 Å². The largest absolute Gasteiger partial charge is 0.460 e. The van der Waals surface area contributed by atoms with Gasteiger partial charge in [-0.1, -0.05) is 74.5 Å². The molecule has 2 aliphatic rings. The average Bonchev–Trinajstić information content (AvgIpc) is 3.02. The van der Waals surface area contributed by atoms with Crippen molar-refractivity contribution < 1.29 is 38.1 Å². The third kappa shape index (κ3) is 19.5. The van der Waals surface area contributed by atoms with Crippen LogP contribution >= 0.6 is 11.6 Å². The van der Waals surface area contributed by atoms with Gasteiger partial charge in [0.2, 0.25) is 0 Å². The molecule has 0 aromatic heterocycles. The minimum absolute atomic E-state index is 0.0631. The number of carbonyl (C=O) groups excluding carboxylic acids is 4. The summed E-state index contributed by atoms with van der Waals surface area (Å²) in [5, 5.41) is 3.31. The van der Waals surface area contributed by atoms with Crippen LogP contribution in [0.3, 0.4) is 0 Å². The molecule has 1 amide bonds. The van der Waals surface area contributed by atoms with Crippen LogP contribution in [0.25, 0.3) is 0 Å². The average molecular weight is 731 g/mol. The number of halogens is 1. The van der Waals surface area contributed by atoms with Gasteiger partial charge in [-0.25, -0.2) is 9.59 Å². The van der Waals surface area contributed by atoms with Crippen LogP contribution in [0.15, 0.2) is 60.7 Å². The van der Waals surface area contributed by atoms with Crippen molar-refractivity contribution in [1.82, 2.24) is 10.2 Å². The van der Waals surface area contributed by atoms with Crippen LogP contribution in [-0.4, -0.2) is 65.7 Å². The third-order valence-corrected chi connectivity index (χ3v) is 8.53. The normalized spacial score (nSPS) is 16.5. The number of rotatable bonds is 8. The van der Waals surface area contributed by atoms with Crippen LogP contribution in [0, 0.1) is 10.8 Å². The monoisotopic (exact) mass is 730 g/mol. The number of benzene rings is 2. The highest BCUT2D eigenvalue weighted by Gasteiger charge is 2.36. The van der Waals surface area contributed by atoms with Gasteiger partial charge in [-0.2, -0.15) is 0 Å². The molecule has 0 spiro atoms. The summed E-state index contributed by atoms with van der Waals surface area (Å²) < 4.78 is 20.7. The number of hydrogen-bond acceptors (Lipinski definition) is 9. The molecule has 0 saturated carbocycles. The van der Waals surface area contributed by atoms with Crippen LogP contribution in [0.1, 0.15) is 105 Å². The van der Waals surface area contributed by atoms with Crippen LogP contribution < -0.4 is 5.32 Å². The van der Waals surface area contributed by atoms with Crippen molar-refractivity contribution in [2.75, 3.05) is 26.2 Å². The Morgan fingerprint density at radius 2 is 1.06 bits per heavy atom. The van der Waals surface area contributed by atoms with Crippen molar-refractivity contribution >= 4 is 35.1 Å². The lowest BCUT2D eigenvalue weighted by Crippen LogP contribution is -2.43. The number of likely N-dealkylation sites (tertiary alicyclic amines) is 1. The maximum absolute atomic E-state index is 12.2. The van der Waals surface area contributed by atoms with E-state index in [1.165, 1.54) is 0 Å². The van der Waals surface area contributed by atoms with E-state index in [-0.39, 0.29) is 47.7 Å². The molecule has 2 aromatic carbocycles. The summed E-state index contributed by atoms with van der Waals surface area (Å²) in [6.45, 7) is 19.4. The van der Waals surface area contributed by atoms with Crippen LogP contribution in [-0.2, 0) is 41.8 Å². The van der Waals surface area contributed by atoms with Gasteiger partial charge >= 0.3 is 23.5 Å². The minimum Gasteiger partial charge on any atom is -0.460 e. The molecule has 4 rings (SSSR count). The van der Waals surface area contributed by atoms with E-state index in [4.69, 9.17) is 25.8 Å². The highest BCUT2D eigenvalue weighted by Crippen LogP contribution is 2.36. The van der Waals surface area contributed by atoms with Gasteiger partial charge in [0, 0.05) is 24.7 Å². The number of ether oxygens (including phenoxy) is 4. The Kier molecular flexibility index (Phi) is 17.4. The zero-order chi connectivity index (χ0) is 38.1. The SMILES string of the molecule is CC1(CC(=O)OC(C)(C)C)CCN(C(=O)OCc2ccccc2)CC1.CC1(CC(=O)OC(C)(C)C)CCNCC1.O=C(Cl)OCc1ccccc1. The van der Waals surface area contributed by atoms with E-state index in [1.54, 1.807) is 4.90 Å². The summed E-state index contributed by atoms with van der Waals surface area (Å²) in [5.41, 5.74) is 0.319. The first-order valence-corrected chi connectivity index (χ1v) is 18.1. The predicted molar refractivity (Wildman–Crippen MR) is 199 cm³/mol. The molecule has 0 aliphatic carbocycles. The first-order valence-electron chi connectivity index (χ1n) is 17.7. The molecule has 1 N–H and O–H groups in total. The van der Waals surface area contributed by atoms with E-state index in [2.05, 4.69) is 23.9 Å². The van der Waals surface area contributed by atoms with E-state index in [9.17, 15) is 19.2 Å². The first-order chi connectivity index (χ1) is 23.8. The number of hydrogen-bond donors (Lipinski definition) is 1. The van der Waals surface area contributed by atoms with Gasteiger partial charge in [0.15, 0.2) is 0 Å². The molecule has 0 atom stereocenters. The predicted octanol–water partition coefficient (Wildman–Crippen LogP) is 8.83. The van der Waals surface area contributed by atoms with Crippen molar-refractivity contribution in [3.8, 4) is 0 Å². The Morgan fingerprint density at radius 3 is 1.45 bits per heavy atom. The molecule has 2 aliphatic heterocycles. The smallest absolute Gasteiger partial charge is 0.410 e. The second-order valence-corrected chi connectivity index (χ2v) is 16.2. The summed E-state index contributed by atoms with van der Waals surface area (Å²) in [6.07, 6.45) is 4.31. The second-order valence-electron chi connectivity index (χ2n) is 15.9. The molecule has 2 fully saturated rings. The van der Waals surface area contributed by atoms with Crippen LogP contribution in [0.4, 0.5) is 9.59 Å². The molecular weight excluding hydrogens is 672 g/mol. The fourth-order valence-electron chi connectivity index (χ4n) is 5.59. The van der Waals surface area contributed by atoms with Crippen LogP contribution in [0.5, 0.6) is 0 Å². The molecule has 2 saturated heterocycles. The minimum atomic E-state index is -0.770. The summed E-state index contributed by atoms with van der Waals surface area (Å²) in [7, 11) is 0. The molecule has 2 heterocycles. The highest BCUT2D eigenvalue weighted by molar-refractivity contribution is 6.61. The van der Waals surface area contributed by atoms with E-state index in [0.717, 1.165) is 49.9 Å². The lowest BCUT2D eigenvalue weighted by Gasteiger charge is -2.38. The van der Waals surface area contributed by atoms with E-state index in [1.807, 2.05) is 102 Å². The van der Waals surface area contributed by atoms with Crippen molar-refractivity contribution in [3.05, 3.63) is 71.8 Å². The number of nitrogens with one attached hydrogen (secondary N) is 1. The van der Waals surface area contributed by atoms with Gasteiger partial charge in [0.1, 0.15) is 24.4 Å². The lowest BCUT2D eigenvalue weighted by molar-refractivity contribution is -0.159. The van der Waals surface area contributed by atoms with Gasteiger partial charge in [-0.15, -0.1) is 0 Å². The van der Waals surface area contributed by atoms with Crippen molar-refractivity contribution in [3.63, 3.8) is 0 Å². The summed E-state index contributed by atoms with van der Waals surface area (Å²) in [4.78, 5) is 47.9. The quantitative estimate of drug-likeness (QED) is 0.161.